The largest absolute Gasteiger partial charge is 0.310 e. The number of rotatable bonds is 9. The molecule has 2 heterocycles. The second kappa shape index (κ2) is 9.84. The Bertz CT molecular complexity index is 1100. The van der Waals surface area contributed by atoms with E-state index in [4.69, 9.17) is 21.8 Å². The first-order chi connectivity index (χ1) is 14.7. The first-order valence-electron chi connectivity index (χ1n) is 9.49. The highest BCUT2D eigenvalue weighted by Gasteiger charge is 2.13. The fraction of sp³-hybridized carbons (Fsp3) is 0.250. The van der Waals surface area contributed by atoms with Crippen LogP contribution >= 0.6 is 23.4 Å². The first-order valence-corrected chi connectivity index (χ1v) is 10.8. The zero-order chi connectivity index (χ0) is 20.8. The average molecular weight is 441 g/mol. The van der Waals surface area contributed by atoms with Crippen LogP contribution < -0.4 is 5.32 Å². The minimum Gasteiger partial charge on any atom is -0.310 e. The Morgan fingerprint density at radius 2 is 1.93 bits per heavy atom. The fourth-order valence-electron chi connectivity index (χ4n) is 2.96. The van der Waals surface area contributed by atoms with Gasteiger partial charge in [-0.05, 0) is 28.1 Å². The van der Waals surface area contributed by atoms with Crippen molar-refractivity contribution in [2.24, 2.45) is 7.05 Å². The van der Waals surface area contributed by atoms with Crippen LogP contribution in [0.1, 0.15) is 11.3 Å². The third kappa shape index (κ3) is 5.24. The van der Waals surface area contributed by atoms with Gasteiger partial charge in [-0.1, -0.05) is 65.8 Å². The zero-order valence-corrected chi connectivity index (χ0v) is 18.0. The highest BCUT2D eigenvalue weighted by Crippen LogP contribution is 2.21. The third-order valence-corrected chi connectivity index (χ3v) is 5.62. The second-order valence-corrected chi connectivity index (χ2v) is 8.13. The summed E-state index contributed by atoms with van der Waals surface area (Å²) in [7, 11) is 1.83. The second-order valence-electron chi connectivity index (χ2n) is 6.63. The molecule has 30 heavy (non-hydrogen) atoms. The van der Waals surface area contributed by atoms with Gasteiger partial charge in [0.1, 0.15) is 11.4 Å². The van der Waals surface area contributed by atoms with Crippen LogP contribution in [0.3, 0.4) is 0 Å². The molecule has 154 valence electrons. The fourth-order valence-corrected chi connectivity index (χ4v) is 3.92. The monoisotopic (exact) mass is 440 g/mol. The number of thioether (sulfide) groups is 1. The molecule has 2 aromatic carbocycles. The summed E-state index contributed by atoms with van der Waals surface area (Å²) in [5.74, 6) is 0.853. The van der Waals surface area contributed by atoms with Crippen LogP contribution in [0.5, 0.6) is 0 Å². The van der Waals surface area contributed by atoms with Gasteiger partial charge in [-0.2, -0.15) is 15.0 Å². The Balaban J connectivity index is 1.43. The minimum absolute atomic E-state index is 0.565. The van der Waals surface area contributed by atoms with Gasteiger partial charge in [0.2, 0.25) is 5.16 Å². The Morgan fingerprint density at radius 1 is 1.07 bits per heavy atom. The molecule has 4 rings (SSSR count). The van der Waals surface area contributed by atoms with Crippen LogP contribution in [0, 0.1) is 0 Å². The van der Waals surface area contributed by atoms with Gasteiger partial charge < -0.3 is 5.32 Å². The third-order valence-electron chi connectivity index (χ3n) is 4.37. The SMILES string of the molecule is Cn1nnnc1SCCNCc1nn(Cc2cccc(Cl)c2)nc1-c1ccccc1. The van der Waals surface area contributed by atoms with Crippen LogP contribution in [0.15, 0.2) is 59.8 Å². The topological polar surface area (TPSA) is 86.3 Å². The molecule has 2 aromatic heterocycles. The molecule has 8 nitrogen and oxygen atoms in total. The van der Waals surface area contributed by atoms with Gasteiger partial charge in [-0.15, -0.1) is 5.10 Å². The van der Waals surface area contributed by atoms with Crippen molar-refractivity contribution < 1.29 is 0 Å². The number of benzene rings is 2. The van der Waals surface area contributed by atoms with Crippen molar-refractivity contribution in [1.82, 2.24) is 40.5 Å². The zero-order valence-electron chi connectivity index (χ0n) is 16.4. The summed E-state index contributed by atoms with van der Waals surface area (Å²) in [6.45, 7) is 1.99. The van der Waals surface area contributed by atoms with Gasteiger partial charge >= 0.3 is 0 Å². The molecule has 0 aliphatic heterocycles. The lowest BCUT2D eigenvalue weighted by Gasteiger charge is -2.04. The van der Waals surface area contributed by atoms with Crippen LogP contribution in [0.4, 0.5) is 0 Å². The van der Waals surface area contributed by atoms with E-state index < -0.39 is 0 Å². The summed E-state index contributed by atoms with van der Waals surface area (Å²) in [6.07, 6.45) is 0. The molecule has 0 spiro atoms. The van der Waals surface area contributed by atoms with Crippen LogP contribution in [0.25, 0.3) is 11.3 Å². The van der Waals surface area contributed by atoms with Crippen molar-refractivity contribution in [2.75, 3.05) is 12.3 Å². The Hall–Kier alpha value is -2.75. The first kappa shape index (κ1) is 20.5. The maximum absolute atomic E-state index is 6.11. The Kier molecular flexibility index (Phi) is 6.73. The molecule has 0 saturated carbocycles. The lowest BCUT2D eigenvalue weighted by atomic mass is 10.1. The highest BCUT2D eigenvalue weighted by atomic mass is 35.5. The number of hydrogen-bond donors (Lipinski definition) is 1. The van der Waals surface area contributed by atoms with E-state index in [-0.39, 0.29) is 0 Å². The van der Waals surface area contributed by atoms with Crippen LogP contribution in [-0.2, 0) is 20.1 Å². The van der Waals surface area contributed by atoms with E-state index in [1.807, 2.05) is 61.6 Å². The van der Waals surface area contributed by atoms with Gasteiger partial charge in [0.15, 0.2) is 0 Å². The van der Waals surface area contributed by atoms with E-state index >= 15 is 0 Å². The van der Waals surface area contributed by atoms with Gasteiger partial charge in [-0.3, -0.25) is 0 Å². The summed E-state index contributed by atoms with van der Waals surface area (Å²) in [4.78, 5) is 1.73. The summed E-state index contributed by atoms with van der Waals surface area (Å²) < 4.78 is 1.67. The standard InChI is InChI=1S/C20H21ClN8S/c1-28-20(23-26-27-28)30-11-10-22-13-18-19(16-7-3-2-4-8-16)25-29(24-18)14-15-6-5-9-17(21)12-15/h2-9,12,22H,10-11,13-14H2,1H3. The van der Waals surface area contributed by atoms with Crippen molar-refractivity contribution in [3.05, 3.63) is 70.9 Å². The number of nitrogens with one attached hydrogen (secondary N) is 1. The van der Waals surface area contributed by atoms with Gasteiger partial charge in [0, 0.05) is 36.5 Å². The molecule has 0 saturated heterocycles. The molecule has 4 aromatic rings. The Morgan fingerprint density at radius 3 is 2.70 bits per heavy atom. The molecule has 10 heteroatoms. The van der Waals surface area contributed by atoms with Crippen molar-refractivity contribution in [2.45, 2.75) is 18.2 Å². The van der Waals surface area contributed by atoms with Crippen molar-refractivity contribution in [3.63, 3.8) is 0 Å². The molecule has 0 amide bonds. The highest BCUT2D eigenvalue weighted by molar-refractivity contribution is 7.99. The van der Waals surface area contributed by atoms with E-state index in [0.29, 0.717) is 18.1 Å². The van der Waals surface area contributed by atoms with Gasteiger partial charge in [0.05, 0.1) is 6.54 Å². The summed E-state index contributed by atoms with van der Waals surface area (Å²) in [5, 5.41) is 25.9. The van der Waals surface area contributed by atoms with E-state index in [1.165, 1.54) is 0 Å². The van der Waals surface area contributed by atoms with E-state index in [2.05, 4.69) is 20.8 Å². The van der Waals surface area contributed by atoms with E-state index in [9.17, 15) is 0 Å². The quantitative estimate of drug-likeness (QED) is 0.316. The molecular weight excluding hydrogens is 420 g/mol. The van der Waals surface area contributed by atoms with E-state index in [1.54, 1.807) is 21.2 Å². The lowest BCUT2D eigenvalue weighted by Crippen LogP contribution is -2.18. The molecular formula is C20H21ClN8S. The van der Waals surface area contributed by atoms with Gasteiger partial charge in [0.25, 0.3) is 0 Å². The lowest BCUT2D eigenvalue weighted by molar-refractivity contribution is 0.579. The molecule has 1 N–H and O–H groups in total. The van der Waals surface area contributed by atoms with Crippen molar-refractivity contribution in [3.8, 4) is 11.3 Å². The summed E-state index contributed by atoms with van der Waals surface area (Å²) in [6, 6.07) is 17.9. The molecule has 0 bridgehead atoms. The molecule has 0 fully saturated rings. The van der Waals surface area contributed by atoms with Crippen molar-refractivity contribution in [1.29, 1.82) is 0 Å². The number of aromatic nitrogens is 7. The van der Waals surface area contributed by atoms with Crippen LogP contribution in [-0.4, -0.2) is 47.5 Å². The number of hydrogen-bond acceptors (Lipinski definition) is 7. The van der Waals surface area contributed by atoms with Crippen LogP contribution in [0.2, 0.25) is 5.02 Å². The number of tetrazole rings is 1. The number of nitrogens with zero attached hydrogens (tertiary/aromatic N) is 7. The molecule has 0 aliphatic carbocycles. The normalized spacial score (nSPS) is 11.1. The van der Waals surface area contributed by atoms with Gasteiger partial charge in [-0.25, -0.2) is 4.68 Å². The molecule has 0 radical (unpaired) electrons. The Labute approximate surface area is 183 Å². The van der Waals surface area contributed by atoms with Crippen molar-refractivity contribution >= 4 is 23.4 Å². The predicted octanol–water partition coefficient (Wildman–Crippen LogP) is 3.05. The van der Waals surface area contributed by atoms with E-state index in [0.717, 1.165) is 40.0 Å². The maximum Gasteiger partial charge on any atom is 0.209 e. The maximum atomic E-state index is 6.11. The number of halogens is 1. The average Bonchev–Trinajstić information content (AvgIpc) is 3.34. The summed E-state index contributed by atoms with van der Waals surface area (Å²) in [5.41, 5.74) is 3.90. The summed E-state index contributed by atoms with van der Waals surface area (Å²) >= 11 is 7.72. The molecule has 0 aliphatic rings. The predicted molar refractivity (Wildman–Crippen MR) is 117 cm³/mol. The smallest absolute Gasteiger partial charge is 0.209 e. The molecule has 0 atom stereocenters. The minimum atomic E-state index is 0.565. The molecule has 0 unspecified atom stereocenters. The number of aryl methyl sites for hydroxylation is 1.